The number of benzene rings is 2. The number of nitrogens with one attached hydrogen (secondary N) is 2. The van der Waals surface area contributed by atoms with Crippen LogP contribution in [-0.2, 0) is 0 Å². The molecule has 2 unspecified atom stereocenters. The van der Waals surface area contributed by atoms with Gasteiger partial charge in [-0.1, -0.05) is 37.1 Å². The number of anilines is 2. The number of nitrogens with zero attached hydrogens (tertiary/aromatic N) is 2. The van der Waals surface area contributed by atoms with Crippen molar-refractivity contribution in [1.29, 1.82) is 0 Å². The smallest absolute Gasteiger partial charge is 0.292 e. The Morgan fingerprint density at radius 3 is 1.50 bits per heavy atom. The van der Waals surface area contributed by atoms with Gasteiger partial charge in [0.15, 0.2) is 0 Å². The molecule has 1 fully saturated rings. The van der Waals surface area contributed by atoms with Gasteiger partial charge in [-0.3, -0.25) is 20.2 Å². The topological polar surface area (TPSA) is 110 Å². The highest BCUT2D eigenvalue weighted by molar-refractivity contribution is 5.64. The van der Waals surface area contributed by atoms with Crippen LogP contribution in [0.15, 0.2) is 48.5 Å². The third kappa shape index (κ3) is 3.90. The number of nitro groups is 2. The molecule has 2 N–H and O–H groups in total. The van der Waals surface area contributed by atoms with Crippen LogP contribution in [-0.4, -0.2) is 21.9 Å². The van der Waals surface area contributed by atoms with Crippen LogP contribution in [0.2, 0.25) is 0 Å². The minimum atomic E-state index is -0.407. The lowest BCUT2D eigenvalue weighted by molar-refractivity contribution is -0.384. The molecule has 0 spiro atoms. The van der Waals surface area contributed by atoms with E-state index in [9.17, 15) is 20.2 Å². The van der Waals surface area contributed by atoms with Crippen molar-refractivity contribution < 1.29 is 9.85 Å². The van der Waals surface area contributed by atoms with Crippen molar-refractivity contribution in [3.05, 3.63) is 68.8 Å². The first-order valence-electron chi connectivity index (χ1n) is 8.56. The number of nitro benzene ring substituents is 2. The molecule has 0 aromatic heterocycles. The quantitative estimate of drug-likeness (QED) is 0.588. The maximum atomic E-state index is 11.2. The van der Waals surface area contributed by atoms with E-state index in [1.165, 1.54) is 12.1 Å². The Kier molecular flexibility index (Phi) is 5.31. The first-order valence-corrected chi connectivity index (χ1v) is 8.56. The van der Waals surface area contributed by atoms with Crippen LogP contribution in [0.25, 0.3) is 0 Å². The summed E-state index contributed by atoms with van der Waals surface area (Å²) in [6.07, 6.45) is 3.69. The maximum Gasteiger partial charge on any atom is 0.292 e. The third-order valence-corrected chi connectivity index (χ3v) is 4.65. The highest BCUT2D eigenvalue weighted by Gasteiger charge is 2.28. The fourth-order valence-corrected chi connectivity index (χ4v) is 3.39. The van der Waals surface area contributed by atoms with Gasteiger partial charge in [-0.15, -0.1) is 0 Å². The zero-order valence-corrected chi connectivity index (χ0v) is 14.1. The number of rotatable bonds is 6. The van der Waals surface area contributed by atoms with Crippen LogP contribution >= 0.6 is 0 Å². The first-order chi connectivity index (χ1) is 12.6. The second-order valence-corrected chi connectivity index (χ2v) is 6.33. The lowest BCUT2D eigenvalue weighted by Gasteiger charge is -2.34. The van der Waals surface area contributed by atoms with Gasteiger partial charge in [0, 0.05) is 24.2 Å². The Balaban J connectivity index is 1.81. The largest absolute Gasteiger partial charge is 0.375 e. The lowest BCUT2D eigenvalue weighted by atomic mass is 9.89. The predicted molar refractivity (Wildman–Crippen MR) is 99.5 cm³/mol. The molecule has 1 saturated carbocycles. The van der Waals surface area contributed by atoms with Gasteiger partial charge >= 0.3 is 0 Å². The molecule has 8 heteroatoms. The van der Waals surface area contributed by atoms with Crippen molar-refractivity contribution in [2.24, 2.45) is 0 Å². The summed E-state index contributed by atoms with van der Waals surface area (Å²) in [5, 5.41) is 29.0. The Hall–Kier alpha value is -3.16. The molecule has 136 valence electrons. The third-order valence-electron chi connectivity index (χ3n) is 4.65. The van der Waals surface area contributed by atoms with Gasteiger partial charge in [0.2, 0.25) is 0 Å². The average Bonchev–Trinajstić information content (AvgIpc) is 2.64. The van der Waals surface area contributed by atoms with Gasteiger partial charge in [0.25, 0.3) is 11.4 Å². The van der Waals surface area contributed by atoms with Crippen LogP contribution in [0.5, 0.6) is 0 Å². The maximum absolute atomic E-state index is 11.2. The molecule has 2 aromatic rings. The summed E-state index contributed by atoms with van der Waals surface area (Å²) in [7, 11) is 0. The van der Waals surface area contributed by atoms with E-state index in [2.05, 4.69) is 10.6 Å². The summed E-state index contributed by atoms with van der Waals surface area (Å²) in [6, 6.07) is 13.0. The van der Waals surface area contributed by atoms with E-state index >= 15 is 0 Å². The van der Waals surface area contributed by atoms with E-state index in [-0.39, 0.29) is 23.5 Å². The van der Waals surface area contributed by atoms with Crippen LogP contribution < -0.4 is 10.6 Å². The molecule has 1 aliphatic carbocycles. The second-order valence-electron chi connectivity index (χ2n) is 6.33. The summed E-state index contributed by atoms with van der Waals surface area (Å²) in [5.41, 5.74) is 1.00. The SMILES string of the molecule is O=[N+]([O-])c1ccccc1NC1CCCCC1Nc1ccccc1[N+](=O)[O-]. The highest BCUT2D eigenvalue weighted by Crippen LogP contribution is 2.31. The van der Waals surface area contributed by atoms with E-state index in [0.29, 0.717) is 11.4 Å². The Morgan fingerprint density at radius 1 is 0.731 bits per heavy atom. The molecule has 26 heavy (non-hydrogen) atoms. The van der Waals surface area contributed by atoms with Crippen molar-refractivity contribution in [3.8, 4) is 0 Å². The molecule has 2 aromatic carbocycles. The van der Waals surface area contributed by atoms with Gasteiger partial charge in [0.05, 0.1) is 9.85 Å². The summed E-state index contributed by atoms with van der Waals surface area (Å²) >= 11 is 0. The average molecular weight is 356 g/mol. The zero-order chi connectivity index (χ0) is 18.5. The van der Waals surface area contributed by atoms with Gasteiger partial charge in [0.1, 0.15) is 11.4 Å². The van der Waals surface area contributed by atoms with Crippen LogP contribution in [0.1, 0.15) is 25.7 Å². The molecular formula is C18H20N4O4. The zero-order valence-electron chi connectivity index (χ0n) is 14.1. The molecule has 0 aliphatic heterocycles. The van der Waals surface area contributed by atoms with E-state index < -0.39 is 9.85 Å². The second kappa shape index (κ2) is 7.81. The first kappa shape index (κ1) is 17.7. The predicted octanol–water partition coefficient (Wildman–Crippen LogP) is 4.34. The summed E-state index contributed by atoms with van der Waals surface area (Å²) in [4.78, 5) is 21.6. The summed E-state index contributed by atoms with van der Waals surface area (Å²) in [6.45, 7) is 0. The van der Waals surface area contributed by atoms with E-state index in [0.717, 1.165) is 25.7 Å². The van der Waals surface area contributed by atoms with E-state index in [4.69, 9.17) is 0 Å². The van der Waals surface area contributed by atoms with Crippen molar-refractivity contribution in [2.45, 2.75) is 37.8 Å². The molecule has 3 rings (SSSR count). The van der Waals surface area contributed by atoms with Crippen molar-refractivity contribution in [3.63, 3.8) is 0 Å². The van der Waals surface area contributed by atoms with E-state index in [1.54, 1.807) is 36.4 Å². The minimum absolute atomic E-state index is 0.0301. The van der Waals surface area contributed by atoms with E-state index in [1.807, 2.05) is 0 Å². The lowest BCUT2D eigenvalue weighted by Crippen LogP contribution is -2.42. The molecule has 8 nitrogen and oxygen atoms in total. The van der Waals surface area contributed by atoms with Crippen LogP contribution in [0.3, 0.4) is 0 Å². The number of hydrogen-bond acceptors (Lipinski definition) is 6. The van der Waals surface area contributed by atoms with Gasteiger partial charge in [-0.25, -0.2) is 0 Å². The molecular weight excluding hydrogens is 336 g/mol. The van der Waals surface area contributed by atoms with Crippen molar-refractivity contribution >= 4 is 22.7 Å². The van der Waals surface area contributed by atoms with Crippen molar-refractivity contribution in [1.82, 2.24) is 0 Å². The van der Waals surface area contributed by atoms with Crippen LogP contribution in [0.4, 0.5) is 22.7 Å². The Labute approximate surface area is 150 Å². The van der Waals surface area contributed by atoms with Crippen molar-refractivity contribution in [2.75, 3.05) is 10.6 Å². The summed E-state index contributed by atoms with van der Waals surface area (Å²) < 4.78 is 0. The highest BCUT2D eigenvalue weighted by atomic mass is 16.6. The molecule has 1 aliphatic rings. The Morgan fingerprint density at radius 2 is 1.12 bits per heavy atom. The van der Waals surface area contributed by atoms with Gasteiger partial charge in [-0.05, 0) is 25.0 Å². The fourth-order valence-electron chi connectivity index (χ4n) is 3.39. The molecule has 2 atom stereocenters. The van der Waals surface area contributed by atoms with Crippen LogP contribution in [0, 0.1) is 20.2 Å². The molecule has 0 heterocycles. The van der Waals surface area contributed by atoms with Gasteiger partial charge < -0.3 is 10.6 Å². The molecule has 0 radical (unpaired) electrons. The Bertz CT molecular complexity index is 744. The molecule has 0 bridgehead atoms. The summed E-state index contributed by atoms with van der Waals surface area (Å²) in [5.74, 6) is 0. The number of hydrogen-bond donors (Lipinski definition) is 2. The molecule has 0 saturated heterocycles. The fraction of sp³-hybridized carbons (Fsp3) is 0.333. The minimum Gasteiger partial charge on any atom is -0.375 e. The van der Waals surface area contributed by atoms with Gasteiger partial charge in [-0.2, -0.15) is 0 Å². The molecule has 0 amide bonds. The normalized spacial score (nSPS) is 19.5. The monoisotopic (exact) mass is 356 g/mol. The number of para-hydroxylation sites is 4. The standard InChI is InChI=1S/C18H20N4O4/c23-21(24)17-11-5-3-9-15(17)19-13-7-1-2-8-14(13)20-16-10-4-6-12-18(16)22(25)26/h3-6,9-14,19-20H,1-2,7-8H2.